The Balaban J connectivity index is 1.55. The van der Waals surface area contributed by atoms with Gasteiger partial charge in [-0.05, 0) is 81.5 Å². The fourth-order valence-corrected chi connectivity index (χ4v) is 6.18. The minimum absolute atomic E-state index is 0.0134. The van der Waals surface area contributed by atoms with Gasteiger partial charge in [-0.2, -0.15) is 4.31 Å². The Bertz CT molecular complexity index is 1430. The second-order valence-electron chi connectivity index (χ2n) is 9.31. The van der Waals surface area contributed by atoms with E-state index in [9.17, 15) is 17.6 Å². The normalized spacial score (nSPS) is 17.0. The molecule has 7 nitrogen and oxygen atoms in total. The molecule has 1 atom stereocenters. The summed E-state index contributed by atoms with van der Waals surface area (Å²) in [6.45, 7) is 7.61. The molecule has 2 heterocycles. The first-order chi connectivity index (χ1) is 17.1. The van der Waals surface area contributed by atoms with Crippen molar-refractivity contribution in [2.24, 2.45) is 5.92 Å². The average molecular weight is 512 g/mol. The lowest BCUT2D eigenvalue weighted by atomic mass is 9.98. The number of carbonyl (C=O) groups excluding carboxylic acids is 1. The summed E-state index contributed by atoms with van der Waals surface area (Å²) in [5, 5.41) is 6.73. The molecule has 190 valence electrons. The van der Waals surface area contributed by atoms with E-state index in [4.69, 9.17) is 4.52 Å². The number of aromatic nitrogens is 1. The number of amides is 1. The van der Waals surface area contributed by atoms with Crippen molar-refractivity contribution in [1.29, 1.82) is 0 Å². The van der Waals surface area contributed by atoms with E-state index in [-0.39, 0.29) is 34.6 Å². The minimum atomic E-state index is -3.96. The number of sulfonamides is 1. The summed E-state index contributed by atoms with van der Waals surface area (Å²) in [5.41, 5.74) is 4.48. The highest BCUT2D eigenvalue weighted by atomic mass is 32.2. The third-order valence-electron chi connectivity index (χ3n) is 6.48. The third-order valence-corrected chi connectivity index (χ3v) is 8.51. The maximum atomic E-state index is 13.7. The van der Waals surface area contributed by atoms with Crippen LogP contribution in [-0.4, -0.2) is 36.9 Å². The van der Waals surface area contributed by atoms with Crippen molar-refractivity contribution in [2.45, 2.75) is 45.4 Å². The molecule has 2 aromatic carbocycles. The molecule has 3 aromatic rings. The van der Waals surface area contributed by atoms with Crippen LogP contribution in [-0.2, 0) is 14.8 Å². The summed E-state index contributed by atoms with van der Waals surface area (Å²) in [6, 6.07) is 10.2. The van der Waals surface area contributed by atoms with E-state index in [2.05, 4.69) is 10.5 Å². The largest absolute Gasteiger partial charge is 0.355 e. The summed E-state index contributed by atoms with van der Waals surface area (Å²) in [5.74, 6) is -1.05. The molecular formula is C27H30FN3O4S. The van der Waals surface area contributed by atoms with E-state index in [0.717, 1.165) is 16.7 Å². The molecule has 9 heteroatoms. The highest BCUT2D eigenvalue weighted by molar-refractivity contribution is 7.89. The summed E-state index contributed by atoms with van der Waals surface area (Å²) < 4.78 is 47.4. The highest BCUT2D eigenvalue weighted by Crippen LogP contribution is 2.30. The quantitative estimate of drug-likeness (QED) is 0.488. The first-order valence-electron chi connectivity index (χ1n) is 11.8. The average Bonchev–Trinajstić information content (AvgIpc) is 3.22. The van der Waals surface area contributed by atoms with Crippen LogP contribution in [0.3, 0.4) is 0 Å². The number of benzene rings is 2. The molecule has 4 rings (SSSR count). The maximum absolute atomic E-state index is 13.7. The molecule has 1 saturated heterocycles. The van der Waals surface area contributed by atoms with Crippen LogP contribution < -0.4 is 5.32 Å². The number of anilines is 1. The first kappa shape index (κ1) is 25.8. The molecule has 1 aliphatic rings. The smallest absolute Gasteiger partial charge is 0.248 e. The Labute approximate surface area is 211 Å². The predicted molar refractivity (Wildman–Crippen MR) is 137 cm³/mol. The van der Waals surface area contributed by atoms with Crippen LogP contribution in [0.4, 0.5) is 10.1 Å². The van der Waals surface area contributed by atoms with Crippen LogP contribution in [0.2, 0.25) is 0 Å². The van der Waals surface area contributed by atoms with Crippen molar-refractivity contribution >= 4 is 33.8 Å². The van der Waals surface area contributed by atoms with Crippen molar-refractivity contribution in [3.05, 3.63) is 75.9 Å². The van der Waals surface area contributed by atoms with Gasteiger partial charge in [0.2, 0.25) is 15.9 Å². The predicted octanol–water partition coefficient (Wildman–Crippen LogP) is 5.26. The molecule has 0 bridgehead atoms. The maximum Gasteiger partial charge on any atom is 0.248 e. The van der Waals surface area contributed by atoms with Gasteiger partial charge < -0.3 is 9.84 Å². The van der Waals surface area contributed by atoms with Gasteiger partial charge in [-0.15, -0.1) is 0 Å². The first-order valence-corrected chi connectivity index (χ1v) is 13.3. The van der Waals surface area contributed by atoms with E-state index in [1.165, 1.54) is 22.5 Å². The van der Waals surface area contributed by atoms with Crippen molar-refractivity contribution in [2.75, 3.05) is 18.4 Å². The van der Waals surface area contributed by atoms with Gasteiger partial charge in [-0.3, -0.25) is 4.79 Å². The molecule has 0 aliphatic carbocycles. The number of nitrogens with zero attached hydrogens (tertiary/aromatic N) is 2. The van der Waals surface area contributed by atoms with E-state index in [1.54, 1.807) is 19.9 Å². The standard InChI is InChI=1S/C27H30FN3O4S/c1-17-7-8-18(2)21(14-17)9-12-25-26(20(4)30-35-25)36(33,34)31-13-5-6-22(16-31)27(32)29-24-11-10-23(28)15-19(24)3/h7-12,14-15,22H,5-6,13,16H2,1-4H3,(H,29,32). The van der Waals surface area contributed by atoms with Crippen molar-refractivity contribution in [1.82, 2.24) is 9.46 Å². The molecule has 1 unspecified atom stereocenters. The van der Waals surface area contributed by atoms with Crippen molar-refractivity contribution in [3.8, 4) is 0 Å². The van der Waals surface area contributed by atoms with Crippen molar-refractivity contribution < 1.29 is 22.1 Å². The Morgan fingerprint density at radius 3 is 2.64 bits per heavy atom. The lowest BCUT2D eigenvalue weighted by molar-refractivity contribution is -0.120. The monoisotopic (exact) mass is 511 g/mol. The number of hydrogen-bond acceptors (Lipinski definition) is 5. The topological polar surface area (TPSA) is 92.5 Å². The molecule has 1 amide bonds. The molecule has 1 N–H and O–H groups in total. The number of piperidine rings is 1. The molecule has 0 spiro atoms. The van der Waals surface area contributed by atoms with E-state index in [0.29, 0.717) is 30.6 Å². The highest BCUT2D eigenvalue weighted by Gasteiger charge is 2.37. The second kappa shape index (κ2) is 10.4. The number of rotatable bonds is 6. The summed E-state index contributed by atoms with van der Waals surface area (Å²) >= 11 is 0. The number of carbonyl (C=O) groups is 1. The zero-order chi connectivity index (χ0) is 26.0. The Morgan fingerprint density at radius 1 is 1.11 bits per heavy atom. The zero-order valence-corrected chi connectivity index (χ0v) is 21.7. The van der Waals surface area contributed by atoms with Crippen molar-refractivity contribution in [3.63, 3.8) is 0 Å². The number of halogens is 1. The van der Waals surface area contributed by atoms with Gasteiger partial charge >= 0.3 is 0 Å². The summed E-state index contributed by atoms with van der Waals surface area (Å²) in [7, 11) is -3.96. The van der Waals surface area contributed by atoms with Crippen LogP contribution in [0.1, 0.15) is 46.5 Å². The second-order valence-corrected chi connectivity index (χ2v) is 11.2. The lowest BCUT2D eigenvalue weighted by Crippen LogP contribution is -2.44. The number of hydrogen-bond donors (Lipinski definition) is 1. The van der Waals surface area contributed by atoms with E-state index >= 15 is 0 Å². The molecule has 1 aromatic heterocycles. The van der Waals surface area contributed by atoms with Gasteiger partial charge in [0, 0.05) is 18.8 Å². The zero-order valence-electron chi connectivity index (χ0n) is 20.8. The third kappa shape index (κ3) is 5.42. The minimum Gasteiger partial charge on any atom is -0.355 e. The van der Waals surface area contributed by atoms with Crippen LogP contribution in [0, 0.1) is 39.4 Å². The number of aryl methyl sites for hydroxylation is 4. The van der Waals surface area contributed by atoms with Gasteiger partial charge in [0.25, 0.3) is 0 Å². The van der Waals surface area contributed by atoms with Crippen LogP contribution >= 0.6 is 0 Å². The van der Waals surface area contributed by atoms with Gasteiger partial charge in [0.05, 0.1) is 5.92 Å². The summed E-state index contributed by atoms with van der Waals surface area (Å²) in [6.07, 6.45) is 4.54. The molecular weight excluding hydrogens is 481 g/mol. The SMILES string of the molecule is Cc1ccc(C)c(C=Cc2onc(C)c2S(=O)(=O)N2CCCC(C(=O)Nc3ccc(F)cc3C)C2)c1. The Kier molecular flexibility index (Phi) is 7.42. The molecule has 36 heavy (non-hydrogen) atoms. The molecule has 0 radical (unpaired) electrons. The van der Waals surface area contributed by atoms with Gasteiger partial charge in [-0.1, -0.05) is 35.0 Å². The number of nitrogens with one attached hydrogen (secondary N) is 1. The van der Waals surface area contributed by atoms with Crippen LogP contribution in [0.5, 0.6) is 0 Å². The van der Waals surface area contributed by atoms with E-state index < -0.39 is 15.9 Å². The fourth-order valence-electron chi connectivity index (χ4n) is 4.41. The van der Waals surface area contributed by atoms with Gasteiger partial charge in [0.1, 0.15) is 11.5 Å². The Morgan fingerprint density at radius 2 is 1.89 bits per heavy atom. The lowest BCUT2D eigenvalue weighted by Gasteiger charge is -2.31. The van der Waals surface area contributed by atoms with Crippen LogP contribution in [0.15, 0.2) is 45.8 Å². The molecule has 0 saturated carbocycles. The van der Waals surface area contributed by atoms with E-state index in [1.807, 2.05) is 38.1 Å². The fraction of sp³-hybridized carbons (Fsp3) is 0.333. The Hall–Kier alpha value is -3.30. The molecule has 1 fully saturated rings. The molecule has 1 aliphatic heterocycles. The summed E-state index contributed by atoms with van der Waals surface area (Å²) in [4.78, 5) is 13.0. The van der Waals surface area contributed by atoms with Crippen LogP contribution in [0.25, 0.3) is 12.2 Å². The van der Waals surface area contributed by atoms with Gasteiger partial charge in [0.15, 0.2) is 10.7 Å². The van der Waals surface area contributed by atoms with Gasteiger partial charge in [-0.25, -0.2) is 12.8 Å².